The first kappa shape index (κ1) is 34.7. The second-order valence-corrected chi connectivity index (χ2v) is 15.2. The van der Waals surface area contributed by atoms with Gasteiger partial charge in [-0.2, -0.15) is 0 Å². The molecule has 4 bridgehead atoms. The number of rotatable bonds is 10. The summed E-state index contributed by atoms with van der Waals surface area (Å²) in [6.45, 7) is 4.84. The van der Waals surface area contributed by atoms with Crippen LogP contribution in [0.5, 0.6) is 11.5 Å². The Bertz CT molecular complexity index is 1440. The standard InChI is InChI=1S/C38H50N4O5.ClH/c1-3-4-15-42-35(45)32(33(43)37-21-26-18-27(22-37)20-28(19-26)23-37)40-36(46)38(42)13-16-41(17-14-38)24-25-5-9-30(10-6-25)47-31-11-7-29(8-12-31)34(44)39-2;/h5-12,26-28,32-33,43H,3-4,13-24H2,1-2H3,(H,39,44)(H,40,46);1H/t26?,27?,28?,32-,33+,37?;/m1./s1. The van der Waals surface area contributed by atoms with E-state index in [4.69, 9.17) is 4.74 Å². The quantitative estimate of drug-likeness (QED) is 0.315. The molecule has 0 unspecified atom stereocenters. The molecule has 260 valence electrons. The number of likely N-dealkylation sites (tertiary alicyclic amines) is 1. The SMILES string of the molecule is CCCCN1C(=O)[C@@H]([C@H](O)C23CC4CC(CC(C4)C2)C3)NC(=O)C12CCN(Cc1ccc(Oc3ccc(C(=O)NC)cc3)cc1)CC2.Cl. The molecule has 3 N–H and O–H groups in total. The molecule has 2 atom stereocenters. The first-order chi connectivity index (χ1) is 22.7. The van der Waals surface area contributed by atoms with Gasteiger partial charge in [0.2, 0.25) is 11.8 Å². The Labute approximate surface area is 290 Å². The van der Waals surface area contributed by atoms with Gasteiger partial charge in [0, 0.05) is 38.8 Å². The topological polar surface area (TPSA) is 111 Å². The summed E-state index contributed by atoms with van der Waals surface area (Å²) < 4.78 is 5.98. The number of carbonyl (C=O) groups is 3. The van der Waals surface area contributed by atoms with Gasteiger partial charge in [0.25, 0.3) is 5.91 Å². The third-order valence-corrected chi connectivity index (χ3v) is 12.1. The van der Waals surface area contributed by atoms with Gasteiger partial charge in [0.1, 0.15) is 23.1 Å². The van der Waals surface area contributed by atoms with Crippen molar-refractivity contribution in [2.75, 3.05) is 26.7 Å². The summed E-state index contributed by atoms with van der Waals surface area (Å²) in [5, 5.41) is 17.7. The minimum Gasteiger partial charge on any atom is -0.457 e. The van der Waals surface area contributed by atoms with Gasteiger partial charge in [-0.05, 0) is 123 Å². The van der Waals surface area contributed by atoms with Crippen LogP contribution in [-0.2, 0) is 16.1 Å². The number of nitrogens with one attached hydrogen (secondary N) is 2. The predicted octanol–water partition coefficient (Wildman–Crippen LogP) is 5.30. The minimum atomic E-state index is -0.856. The normalized spacial score (nSPS) is 29.7. The summed E-state index contributed by atoms with van der Waals surface area (Å²) in [7, 11) is 1.61. The zero-order valence-electron chi connectivity index (χ0n) is 28.3. The van der Waals surface area contributed by atoms with E-state index in [1.54, 1.807) is 31.3 Å². The lowest BCUT2D eigenvalue weighted by Gasteiger charge is -2.60. The molecule has 6 aliphatic rings. The van der Waals surface area contributed by atoms with Crippen molar-refractivity contribution in [3.05, 3.63) is 59.7 Å². The number of aliphatic hydroxyl groups excluding tert-OH is 1. The molecule has 3 amide bonds. The van der Waals surface area contributed by atoms with Crippen molar-refractivity contribution in [3.63, 3.8) is 0 Å². The molecular weight excluding hydrogens is 628 g/mol. The van der Waals surface area contributed by atoms with Crippen molar-refractivity contribution in [2.24, 2.45) is 23.2 Å². The summed E-state index contributed by atoms with van der Waals surface area (Å²) in [6, 6.07) is 14.2. The minimum absolute atomic E-state index is 0. The molecule has 1 spiro atoms. The zero-order valence-corrected chi connectivity index (χ0v) is 29.1. The molecule has 8 rings (SSSR count). The monoisotopic (exact) mass is 678 g/mol. The van der Waals surface area contributed by atoms with Gasteiger partial charge in [-0.3, -0.25) is 19.3 Å². The van der Waals surface area contributed by atoms with Crippen LogP contribution >= 0.6 is 12.4 Å². The van der Waals surface area contributed by atoms with Gasteiger partial charge in [-0.1, -0.05) is 25.5 Å². The molecule has 2 saturated heterocycles. The number of piperidine rings is 1. The van der Waals surface area contributed by atoms with Crippen LogP contribution in [0, 0.1) is 23.2 Å². The van der Waals surface area contributed by atoms with Crippen molar-refractivity contribution in [2.45, 2.75) is 95.4 Å². The predicted molar refractivity (Wildman–Crippen MR) is 186 cm³/mol. The van der Waals surface area contributed by atoms with Gasteiger partial charge >= 0.3 is 0 Å². The number of hydrogen-bond donors (Lipinski definition) is 3. The van der Waals surface area contributed by atoms with E-state index in [0.29, 0.717) is 67.3 Å². The molecule has 2 aliphatic heterocycles. The van der Waals surface area contributed by atoms with Crippen LogP contribution in [0.2, 0.25) is 0 Å². The van der Waals surface area contributed by atoms with E-state index in [-0.39, 0.29) is 35.5 Å². The van der Waals surface area contributed by atoms with E-state index < -0.39 is 17.7 Å². The highest BCUT2D eigenvalue weighted by molar-refractivity contribution is 6.00. The van der Waals surface area contributed by atoms with Crippen LogP contribution in [0.3, 0.4) is 0 Å². The van der Waals surface area contributed by atoms with E-state index in [0.717, 1.165) is 44.2 Å². The van der Waals surface area contributed by atoms with Crippen molar-refractivity contribution >= 4 is 30.1 Å². The van der Waals surface area contributed by atoms with Crippen LogP contribution in [0.15, 0.2) is 48.5 Å². The van der Waals surface area contributed by atoms with Gasteiger partial charge in [0.15, 0.2) is 0 Å². The first-order valence-electron chi connectivity index (χ1n) is 17.8. The maximum Gasteiger partial charge on any atom is 0.251 e. The molecule has 2 aromatic rings. The largest absolute Gasteiger partial charge is 0.457 e. The lowest BCUT2D eigenvalue weighted by Crippen LogP contribution is -2.76. The van der Waals surface area contributed by atoms with Gasteiger partial charge in [0.05, 0.1) is 6.10 Å². The van der Waals surface area contributed by atoms with Crippen LogP contribution in [0.4, 0.5) is 0 Å². The van der Waals surface area contributed by atoms with Gasteiger partial charge < -0.3 is 25.4 Å². The average Bonchev–Trinajstić information content (AvgIpc) is 3.07. The summed E-state index contributed by atoms with van der Waals surface area (Å²) in [4.78, 5) is 44.4. The average molecular weight is 679 g/mol. The Kier molecular flexibility index (Phi) is 10.1. The summed E-state index contributed by atoms with van der Waals surface area (Å²) >= 11 is 0. The Morgan fingerprint density at radius 3 is 2.06 bits per heavy atom. The fourth-order valence-corrected chi connectivity index (χ4v) is 10.0. The number of halogens is 1. The number of carbonyl (C=O) groups excluding carboxylic acids is 3. The van der Waals surface area contributed by atoms with Crippen molar-refractivity contribution in [1.29, 1.82) is 0 Å². The van der Waals surface area contributed by atoms with Gasteiger partial charge in [-0.25, -0.2) is 0 Å². The van der Waals surface area contributed by atoms with Crippen LogP contribution < -0.4 is 15.4 Å². The van der Waals surface area contributed by atoms with Crippen molar-refractivity contribution in [1.82, 2.24) is 20.4 Å². The number of nitrogens with zero attached hydrogens (tertiary/aromatic N) is 2. The van der Waals surface area contributed by atoms with E-state index in [1.165, 1.54) is 19.3 Å². The molecule has 0 radical (unpaired) electrons. The Morgan fingerprint density at radius 2 is 1.52 bits per heavy atom. The molecule has 2 aromatic carbocycles. The van der Waals surface area contributed by atoms with Crippen molar-refractivity contribution < 1.29 is 24.2 Å². The molecular formula is C38H51ClN4O5. The van der Waals surface area contributed by atoms with E-state index in [2.05, 4.69) is 34.6 Å². The number of ether oxygens (including phenoxy) is 1. The van der Waals surface area contributed by atoms with Crippen LogP contribution in [-0.4, -0.2) is 77.0 Å². The molecule has 6 fully saturated rings. The van der Waals surface area contributed by atoms with E-state index in [1.807, 2.05) is 17.0 Å². The molecule has 0 aromatic heterocycles. The molecule has 9 nitrogen and oxygen atoms in total. The third kappa shape index (κ3) is 6.46. The fourth-order valence-electron chi connectivity index (χ4n) is 10.0. The Morgan fingerprint density at radius 1 is 0.958 bits per heavy atom. The maximum atomic E-state index is 14.3. The number of benzene rings is 2. The summed E-state index contributed by atoms with van der Waals surface area (Å²) in [5.41, 5.74) is 0.641. The molecule has 2 heterocycles. The fraction of sp³-hybridized carbons (Fsp3) is 0.605. The molecule has 48 heavy (non-hydrogen) atoms. The Balaban J connectivity index is 0.00000401. The van der Waals surface area contributed by atoms with Crippen LogP contribution in [0.25, 0.3) is 0 Å². The molecule has 4 aliphatic carbocycles. The molecule has 10 heteroatoms. The first-order valence-corrected chi connectivity index (χ1v) is 17.8. The number of piperazine rings is 1. The highest BCUT2D eigenvalue weighted by Gasteiger charge is 2.60. The number of hydrogen-bond acceptors (Lipinski definition) is 6. The second-order valence-electron chi connectivity index (χ2n) is 15.2. The zero-order chi connectivity index (χ0) is 32.8. The Hall–Kier alpha value is -3.14. The van der Waals surface area contributed by atoms with E-state index >= 15 is 0 Å². The summed E-state index contributed by atoms with van der Waals surface area (Å²) in [6.07, 6.45) is 8.93. The highest BCUT2D eigenvalue weighted by atomic mass is 35.5. The number of unbranched alkanes of at least 4 members (excludes halogenated alkanes) is 1. The lowest BCUT2D eigenvalue weighted by molar-refractivity contribution is -0.175. The maximum absolute atomic E-state index is 14.3. The van der Waals surface area contributed by atoms with Crippen LogP contribution in [0.1, 0.15) is 87.1 Å². The highest BCUT2D eigenvalue weighted by Crippen LogP contribution is 2.62. The van der Waals surface area contributed by atoms with E-state index in [9.17, 15) is 19.5 Å². The smallest absolute Gasteiger partial charge is 0.251 e. The third-order valence-electron chi connectivity index (χ3n) is 12.1. The van der Waals surface area contributed by atoms with Crippen molar-refractivity contribution in [3.8, 4) is 11.5 Å². The lowest BCUT2D eigenvalue weighted by atomic mass is 9.47. The second kappa shape index (κ2) is 14.0. The number of aliphatic hydroxyl groups is 1. The molecule has 4 saturated carbocycles. The van der Waals surface area contributed by atoms with Gasteiger partial charge in [-0.15, -0.1) is 12.4 Å². The number of amides is 3. The summed E-state index contributed by atoms with van der Waals surface area (Å²) in [5.74, 6) is 3.07.